The molecule has 0 saturated heterocycles. The number of nitrogens with one attached hydrogen (secondary N) is 2. The van der Waals surface area contributed by atoms with Gasteiger partial charge >= 0.3 is 0 Å². The van der Waals surface area contributed by atoms with Gasteiger partial charge in [0.2, 0.25) is 5.91 Å². The first-order valence-corrected chi connectivity index (χ1v) is 6.28. The Morgan fingerprint density at radius 2 is 1.71 bits per heavy atom. The lowest BCUT2D eigenvalue weighted by Gasteiger charge is -2.15. The summed E-state index contributed by atoms with van der Waals surface area (Å²) in [6.45, 7) is 7.29. The molecule has 0 bridgehead atoms. The predicted octanol–water partition coefficient (Wildman–Crippen LogP) is 2.36. The van der Waals surface area contributed by atoms with Gasteiger partial charge in [0.05, 0.1) is 0 Å². The highest BCUT2D eigenvalue weighted by molar-refractivity contribution is 5.72. The molecule has 0 unspecified atom stereocenters. The summed E-state index contributed by atoms with van der Waals surface area (Å²) in [5.74, 6) is 0.0197. The summed E-state index contributed by atoms with van der Waals surface area (Å²) in [5, 5.41) is 6.21. The van der Waals surface area contributed by atoms with Crippen LogP contribution in [0.5, 0.6) is 0 Å². The highest BCUT2D eigenvalue weighted by Gasteiger charge is 2.04. The fourth-order valence-electron chi connectivity index (χ4n) is 1.90. The average molecular weight is 234 g/mol. The van der Waals surface area contributed by atoms with Crippen molar-refractivity contribution in [2.75, 3.05) is 18.4 Å². The molecule has 0 aliphatic rings. The summed E-state index contributed by atoms with van der Waals surface area (Å²) in [6.07, 6.45) is 2.05. The highest BCUT2D eigenvalue weighted by Crippen LogP contribution is 2.22. The molecule has 1 rings (SSSR count). The second kappa shape index (κ2) is 6.94. The molecular weight excluding hydrogens is 212 g/mol. The standard InChI is InChI=1S/C14H22N2O/c1-4-12-7-6-8-13(5-2)14(12)16-10-9-15-11(3)17/h6-8,16H,4-5,9-10H2,1-3H3,(H,15,17). The van der Waals surface area contributed by atoms with Crippen molar-refractivity contribution < 1.29 is 4.79 Å². The van der Waals surface area contributed by atoms with Gasteiger partial charge in [-0.25, -0.2) is 0 Å². The van der Waals surface area contributed by atoms with E-state index >= 15 is 0 Å². The van der Waals surface area contributed by atoms with Crippen LogP contribution >= 0.6 is 0 Å². The fourth-order valence-corrected chi connectivity index (χ4v) is 1.90. The molecular formula is C14H22N2O. The van der Waals surface area contributed by atoms with Crippen molar-refractivity contribution in [3.63, 3.8) is 0 Å². The van der Waals surface area contributed by atoms with E-state index in [1.165, 1.54) is 23.7 Å². The zero-order chi connectivity index (χ0) is 12.7. The lowest BCUT2D eigenvalue weighted by atomic mass is 10.0. The first-order chi connectivity index (χ1) is 8.19. The molecule has 0 aliphatic carbocycles. The Balaban J connectivity index is 2.64. The maximum absolute atomic E-state index is 10.8. The van der Waals surface area contributed by atoms with E-state index in [9.17, 15) is 4.79 Å². The topological polar surface area (TPSA) is 41.1 Å². The molecule has 0 atom stereocenters. The molecule has 94 valence electrons. The molecule has 2 N–H and O–H groups in total. The molecule has 1 amide bonds. The Morgan fingerprint density at radius 3 is 2.18 bits per heavy atom. The van der Waals surface area contributed by atoms with Crippen LogP contribution in [0.25, 0.3) is 0 Å². The third kappa shape index (κ3) is 4.10. The van der Waals surface area contributed by atoms with Crippen LogP contribution in [-0.4, -0.2) is 19.0 Å². The van der Waals surface area contributed by atoms with Crippen LogP contribution < -0.4 is 10.6 Å². The van der Waals surface area contributed by atoms with Crippen LogP contribution in [0.3, 0.4) is 0 Å². The molecule has 1 aromatic rings. The van der Waals surface area contributed by atoms with Gasteiger partial charge < -0.3 is 10.6 Å². The van der Waals surface area contributed by atoms with Crippen LogP contribution in [0.15, 0.2) is 18.2 Å². The van der Waals surface area contributed by atoms with E-state index in [1.807, 2.05) is 0 Å². The molecule has 0 radical (unpaired) electrons. The molecule has 0 fully saturated rings. The van der Waals surface area contributed by atoms with E-state index in [4.69, 9.17) is 0 Å². The van der Waals surface area contributed by atoms with Crippen molar-refractivity contribution in [1.82, 2.24) is 5.32 Å². The van der Waals surface area contributed by atoms with E-state index in [0.717, 1.165) is 19.4 Å². The van der Waals surface area contributed by atoms with Gasteiger partial charge in [-0.3, -0.25) is 4.79 Å². The van der Waals surface area contributed by atoms with Crippen LogP contribution in [-0.2, 0) is 17.6 Å². The predicted molar refractivity (Wildman–Crippen MR) is 72.4 cm³/mol. The third-order valence-electron chi connectivity index (χ3n) is 2.80. The minimum atomic E-state index is 0.0197. The number of para-hydroxylation sites is 1. The molecule has 0 heterocycles. The largest absolute Gasteiger partial charge is 0.383 e. The van der Waals surface area contributed by atoms with Gasteiger partial charge in [-0.05, 0) is 24.0 Å². The number of amides is 1. The zero-order valence-electron chi connectivity index (χ0n) is 11.0. The quantitative estimate of drug-likeness (QED) is 0.742. The number of carbonyl (C=O) groups is 1. The minimum absolute atomic E-state index is 0.0197. The molecule has 17 heavy (non-hydrogen) atoms. The Morgan fingerprint density at radius 1 is 1.12 bits per heavy atom. The molecule has 0 aromatic heterocycles. The lowest BCUT2D eigenvalue weighted by molar-refractivity contribution is -0.118. The summed E-state index contributed by atoms with van der Waals surface area (Å²) in [7, 11) is 0. The van der Waals surface area contributed by atoms with Gasteiger partial charge in [-0.2, -0.15) is 0 Å². The number of rotatable bonds is 6. The van der Waals surface area contributed by atoms with Gasteiger partial charge in [-0.15, -0.1) is 0 Å². The SMILES string of the molecule is CCc1cccc(CC)c1NCCNC(C)=O. The monoisotopic (exact) mass is 234 g/mol. The lowest BCUT2D eigenvalue weighted by Crippen LogP contribution is -2.26. The summed E-state index contributed by atoms with van der Waals surface area (Å²) in [6, 6.07) is 6.41. The maximum atomic E-state index is 10.8. The second-order valence-electron chi connectivity index (χ2n) is 4.07. The molecule has 3 nitrogen and oxygen atoms in total. The minimum Gasteiger partial charge on any atom is -0.383 e. The van der Waals surface area contributed by atoms with Gasteiger partial charge in [0.25, 0.3) is 0 Å². The smallest absolute Gasteiger partial charge is 0.216 e. The van der Waals surface area contributed by atoms with Crippen molar-refractivity contribution in [3.05, 3.63) is 29.3 Å². The van der Waals surface area contributed by atoms with Gasteiger partial charge in [-0.1, -0.05) is 32.0 Å². The Labute approximate surface area is 104 Å². The van der Waals surface area contributed by atoms with Gasteiger partial charge in [0.15, 0.2) is 0 Å². The Hall–Kier alpha value is -1.51. The summed E-state index contributed by atoms with van der Waals surface area (Å²) in [5.41, 5.74) is 3.92. The van der Waals surface area contributed by atoms with E-state index in [-0.39, 0.29) is 5.91 Å². The summed E-state index contributed by atoms with van der Waals surface area (Å²) < 4.78 is 0. The van der Waals surface area contributed by atoms with E-state index in [2.05, 4.69) is 42.7 Å². The van der Waals surface area contributed by atoms with Gasteiger partial charge in [0, 0.05) is 25.7 Å². The van der Waals surface area contributed by atoms with Crippen LogP contribution in [0.4, 0.5) is 5.69 Å². The Bertz CT molecular complexity index is 352. The van der Waals surface area contributed by atoms with Gasteiger partial charge in [0.1, 0.15) is 0 Å². The number of benzene rings is 1. The van der Waals surface area contributed by atoms with Crippen molar-refractivity contribution >= 4 is 11.6 Å². The van der Waals surface area contributed by atoms with Crippen molar-refractivity contribution in [3.8, 4) is 0 Å². The van der Waals surface area contributed by atoms with Crippen molar-refractivity contribution in [2.45, 2.75) is 33.6 Å². The average Bonchev–Trinajstić information content (AvgIpc) is 2.34. The van der Waals surface area contributed by atoms with Crippen molar-refractivity contribution in [1.29, 1.82) is 0 Å². The number of hydrogen-bond acceptors (Lipinski definition) is 2. The normalized spacial score (nSPS) is 10.1. The van der Waals surface area contributed by atoms with Crippen LogP contribution in [0, 0.1) is 0 Å². The van der Waals surface area contributed by atoms with E-state index in [1.54, 1.807) is 0 Å². The zero-order valence-corrected chi connectivity index (χ0v) is 11.0. The fraction of sp³-hybridized carbons (Fsp3) is 0.500. The summed E-state index contributed by atoms with van der Waals surface area (Å²) >= 11 is 0. The molecule has 3 heteroatoms. The third-order valence-corrected chi connectivity index (χ3v) is 2.80. The van der Waals surface area contributed by atoms with Crippen molar-refractivity contribution in [2.24, 2.45) is 0 Å². The van der Waals surface area contributed by atoms with E-state index < -0.39 is 0 Å². The molecule has 0 saturated carbocycles. The number of anilines is 1. The maximum Gasteiger partial charge on any atom is 0.216 e. The Kier molecular flexibility index (Phi) is 5.53. The number of aryl methyl sites for hydroxylation is 2. The number of hydrogen-bond donors (Lipinski definition) is 2. The van der Waals surface area contributed by atoms with Crippen LogP contribution in [0.2, 0.25) is 0 Å². The molecule has 1 aromatic carbocycles. The first kappa shape index (κ1) is 13.6. The van der Waals surface area contributed by atoms with Crippen LogP contribution in [0.1, 0.15) is 31.9 Å². The summed E-state index contributed by atoms with van der Waals surface area (Å²) in [4.78, 5) is 10.8. The van der Waals surface area contributed by atoms with E-state index in [0.29, 0.717) is 6.54 Å². The highest BCUT2D eigenvalue weighted by atomic mass is 16.1. The second-order valence-corrected chi connectivity index (χ2v) is 4.07. The molecule has 0 aliphatic heterocycles. The number of carbonyl (C=O) groups excluding carboxylic acids is 1. The molecule has 0 spiro atoms. The first-order valence-electron chi connectivity index (χ1n) is 6.28.